The van der Waals surface area contributed by atoms with E-state index in [-0.39, 0.29) is 18.9 Å². The molecule has 1 aliphatic rings. The fourth-order valence-electron chi connectivity index (χ4n) is 3.32. The van der Waals surface area contributed by atoms with Crippen molar-refractivity contribution in [2.75, 3.05) is 44.7 Å². The zero-order chi connectivity index (χ0) is 23.3. The lowest BCUT2D eigenvalue weighted by Crippen LogP contribution is -2.28. The van der Waals surface area contributed by atoms with Gasteiger partial charge in [-0.05, 0) is 30.3 Å². The molecule has 0 bridgehead atoms. The topological polar surface area (TPSA) is 103 Å². The molecule has 1 saturated heterocycles. The summed E-state index contributed by atoms with van der Waals surface area (Å²) in [5.74, 6) is -0.707. The highest BCUT2D eigenvalue weighted by Crippen LogP contribution is 2.36. The number of hydrogen-bond acceptors (Lipinski definition) is 7. The number of halogens is 1. The van der Waals surface area contributed by atoms with Gasteiger partial charge in [-0.3, -0.25) is 14.4 Å². The van der Waals surface area contributed by atoms with Gasteiger partial charge in [0.2, 0.25) is 5.91 Å². The third-order valence-electron chi connectivity index (χ3n) is 4.92. The van der Waals surface area contributed by atoms with Gasteiger partial charge in [-0.1, -0.05) is 11.6 Å². The predicted octanol–water partition coefficient (Wildman–Crippen LogP) is 2.90. The molecule has 0 unspecified atom stereocenters. The van der Waals surface area contributed by atoms with E-state index in [1.54, 1.807) is 30.3 Å². The summed E-state index contributed by atoms with van der Waals surface area (Å²) in [5.41, 5.74) is 0.884. The largest absolute Gasteiger partial charge is 0.497 e. The first-order chi connectivity index (χ1) is 15.4. The molecule has 9 nitrogen and oxygen atoms in total. The first kappa shape index (κ1) is 23.2. The van der Waals surface area contributed by atoms with Crippen molar-refractivity contribution in [1.29, 1.82) is 0 Å². The molecular formula is C22H23ClN2O7. The van der Waals surface area contributed by atoms with E-state index in [0.29, 0.717) is 33.6 Å². The van der Waals surface area contributed by atoms with Crippen LogP contribution in [-0.2, 0) is 19.1 Å². The van der Waals surface area contributed by atoms with Crippen LogP contribution in [0, 0.1) is 5.92 Å². The Morgan fingerprint density at radius 2 is 1.81 bits per heavy atom. The van der Waals surface area contributed by atoms with Crippen LogP contribution in [0.25, 0.3) is 0 Å². The summed E-state index contributed by atoms with van der Waals surface area (Å²) in [6.45, 7) is -0.394. The van der Waals surface area contributed by atoms with E-state index in [1.807, 2.05) is 0 Å². The summed E-state index contributed by atoms with van der Waals surface area (Å²) < 4.78 is 20.8. The average molecular weight is 463 g/mol. The van der Waals surface area contributed by atoms with Gasteiger partial charge in [0.1, 0.15) is 17.2 Å². The van der Waals surface area contributed by atoms with E-state index in [2.05, 4.69) is 5.32 Å². The van der Waals surface area contributed by atoms with Crippen molar-refractivity contribution in [3.05, 3.63) is 41.4 Å². The molecule has 32 heavy (non-hydrogen) atoms. The van der Waals surface area contributed by atoms with E-state index in [1.165, 1.54) is 32.3 Å². The second-order valence-electron chi connectivity index (χ2n) is 6.94. The number of methoxy groups -OCH3 is 3. The van der Waals surface area contributed by atoms with Gasteiger partial charge in [0, 0.05) is 24.1 Å². The van der Waals surface area contributed by atoms with Crippen LogP contribution in [0.2, 0.25) is 5.02 Å². The van der Waals surface area contributed by atoms with Crippen LogP contribution in [0.3, 0.4) is 0 Å². The number of carbonyl (C=O) groups excluding carboxylic acids is 3. The molecule has 2 amide bonds. The van der Waals surface area contributed by atoms with Crippen LogP contribution in [0.15, 0.2) is 36.4 Å². The van der Waals surface area contributed by atoms with Gasteiger partial charge in [0.05, 0.1) is 38.6 Å². The van der Waals surface area contributed by atoms with Crippen LogP contribution in [0.1, 0.15) is 6.42 Å². The van der Waals surface area contributed by atoms with Crippen molar-refractivity contribution in [2.24, 2.45) is 5.92 Å². The van der Waals surface area contributed by atoms with Crippen molar-refractivity contribution in [3.63, 3.8) is 0 Å². The Morgan fingerprint density at radius 3 is 2.50 bits per heavy atom. The van der Waals surface area contributed by atoms with Crippen molar-refractivity contribution in [1.82, 2.24) is 0 Å². The van der Waals surface area contributed by atoms with Crippen molar-refractivity contribution in [2.45, 2.75) is 6.42 Å². The molecule has 0 saturated carbocycles. The fourth-order valence-corrected chi connectivity index (χ4v) is 3.50. The van der Waals surface area contributed by atoms with Crippen molar-refractivity contribution < 1.29 is 33.3 Å². The summed E-state index contributed by atoms with van der Waals surface area (Å²) in [6.07, 6.45) is -0.0300. The van der Waals surface area contributed by atoms with Gasteiger partial charge in [-0.15, -0.1) is 0 Å². The molecule has 10 heteroatoms. The monoisotopic (exact) mass is 462 g/mol. The molecule has 1 heterocycles. The molecule has 3 rings (SSSR count). The fraction of sp³-hybridized carbons (Fsp3) is 0.318. The lowest BCUT2D eigenvalue weighted by atomic mass is 10.1. The molecule has 170 valence electrons. The predicted molar refractivity (Wildman–Crippen MR) is 118 cm³/mol. The summed E-state index contributed by atoms with van der Waals surface area (Å²) in [6, 6.07) is 9.80. The highest BCUT2D eigenvalue weighted by atomic mass is 35.5. The minimum absolute atomic E-state index is 0.0300. The Hall–Kier alpha value is -3.46. The molecule has 1 aliphatic heterocycles. The molecule has 0 aromatic heterocycles. The van der Waals surface area contributed by atoms with Gasteiger partial charge < -0.3 is 29.2 Å². The third-order valence-corrected chi connectivity index (χ3v) is 5.15. The van der Waals surface area contributed by atoms with E-state index in [4.69, 9.17) is 30.5 Å². The third kappa shape index (κ3) is 5.23. The van der Waals surface area contributed by atoms with Gasteiger partial charge in [-0.25, -0.2) is 0 Å². The summed E-state index contributed by atoms with van der Waals surface area (Å²) in [7, 11) is 4.47. The Labute approximate surface area is 190 Å². The molecular weight excluding hydrogens is 440 g/mol. The van der Waals surface area contributed by atoms with Gasteiger partial charge in [-0.2, -0.15) is 0 Å². The highest BCUT2D eigenvalue weighted by molar-refractivity contribution is 6.31. The van der Waals surface area contributed by atoms with Crippen LogP contribution >= 0.6 is 11.6 Å². The number of rotatable bonds is 8. The standard InChI is InChI=1S/C22H23ClN2O7/c1-29-15-5-6-17(19(10-15)31-3)25-11-13(8-21(25)27)22(28)32-12-20(26)24-16-9-14(23)4-7-18(16)30-2/h4-7,9-10,13H,8,11-12H2,1-3H3,(H,24,26)/t13-/m1/s1. The smallest absolute Gasteiger partial charge is 0.311 e. The second kappa shape index (κ2) is 10.2. The number of ether oxygens (including phenoxy) is 4. The first-order valence-electron chi connectivity index (χ1n) is 9.68. The number of carbonyl (C=O) groups is 3. The van der Waals surface area contributed by atoms with Crippen molar-refractivity contribution in [3.8, 4) is 17.2 Å². The Morgan fingerprint density at radius 1 is 1.06 bits per heavy atom. The number of esters is 1. The quantitative estimate of drug-likeness (QED) is 0.601. The maximum Gasteiger partial charge on any atom is 0.311 e. The number of nitrogens with zero attached hydrogens (tertiary/aromatic N) is 1. The number of hydrogen-bond donors (Lipinski definition) is 1. The number of nitrogens with one attached hydrogen (secondary N) is 1. The molecule has 2 aromatic rings. The lowest BCUT2D eigenvalue weighted by molar-refractivity contribution is -0.151. The molecule has 0 spiro atoms. The van der Waals surface area contributed by atoms with Crippen LogP contribution < -0.4 is 24.4 Å². The summed E-state index contributed by atoms with van der Waals surface area (Å²) in [4.78, 5) is 38.7. The van der Waals surface area contributed by atoms with Gasteiger partial charge >= 0.3 is 5.97 Å². The number of amides is 2. The Kier molecular flexibility index (Phi) is 7.42. The zero-order valence-electron chi connectivity index (χ0n) is 17.8. The highest BCUT2D eigenvalue weighted by Gasteiger charge is 2.37. The minimum Gasteiger partial charge on any atom is -0.497 e. The van der Waals surface area contributed by atoms with Gasteiger partial charge in [0.15, 0.2) is 6.61 Å². The minimum atomic E-state index is -0.706. The molecule has 2 aromatic carbocycles. The van der Waals surface area contributed by atoms with Gasteiger partial charge in [0.25, 0.3) is 5.91 Å². The van der Waals surface area contributed by atoms with E-state index in [0.717, 1.165) is 0 Å². The first-order valence-corrected chi connectivity index (χ1v) is 10.1. The number of benzene rings is 2. The Bertz CT molecular complexity index is 1030. The van der Waals surface area contributed by atoms with Crippen LogP contribution in [0.4, 0.5) is 11.4 Å². The summed E-state index contributed by atoms with van der Waals surface area (Å²) >= 11 is 5.94. The normalized spacial score (nSPS) is 15.3. The van der Waals surface area contributed by atoms with Crippen LogP contribution in [-0.4, -0.2) is 52.3 Å². The average Bonchev–Trinajstić information content (AvgIpc) is 3.18. The van der Waals surface area contributed by atoms with E-state index < -0.39 is 24.4 Å². The lowest BCUT2D eigenvalue weighted by Gasteiger charge is -2.20. The molecule has 1 atom stereocenters. The number of anilines is 2. The van der Waals surface area contributed by atoms with E-state index >= 15 is 0 Å². The van der Waals surface area contributed by atoms with E-state index in [9.17, 15) is 14.4 Å². The Balaban J connectivity index is 1.59. The zero-order valence-corrected chi connectivity index (χ0v) is 18.6. The maximum atomic E-state index is 12.5. The van der Waals surface area contributed by atoms with Crippen molar-refractivity contribution >= 4 is 40.8 Å². The molecule has 1 fully saturated rings. The summed E-state index contributed by atoms with van der Waals surface area (Å²) in [5, 5.41) is 3.00. The SMILES string of the molecule is COc1ccc(N2C[C@H](C(=O)OCC(=O)Nc3cc(Cl)ccc3OC)CC2=O)c(OC)c1. The second-order valence-corrected chi connectivity index (χ2v) is 7.38. The molecule has 0 aliphatic carbocycles. The van der Waals surface area contributed by atoms with Crippen LogP contribution in [0.5, 0.6) is 17.2 Å². The molecule has 0 radical (unpaired) electrons. The maximum absolute atomic E-state index is 12.5. The molecule has 1 N–H and O–H groups in total.